The van der Waals surface area contributed by atoms with Gasteiger partial charge in [-0.3, -0.25) is 0 Å². The van der Waals surface area contributed by atoms with E-state index in [0.29, 0.717) is 11.9 Å². The van der Waals surface area contributed by atoms with Crippen molar-refractivity contribution >= 4 is 23.1 Å². The zero-order valence-electron chi connectivity index (χ0n) is 10.4. The van der Waals surface area contributed by atoms with E-state index in [1.54, 1.807) is 6.33 Å². The van der Waals surface area contributed by atoms with Crippen LogP contribution in [0, 0.1) is 6.92 Å². The van der Waals surface area contributed by atoms with Crippen molar-refractivity contribution in [3.8, 4) is 0 Å². The summed E-state index contributed by atoms with van der Waals surface area (Å²) < 4.78 is 1.86. The Hall–Kier alpha value is -1.29. The number of fused-ring (bicyclic) bond motifs is 1. The van der Waals surface area contributed by atoms with Crippen LogP contribution in [0.3, 0.4) is 0 Å². The van der Waals surface area contributed by atoms with Crippen LogP contribution >= 0.6 is 11.6 Å². The summed E-state index contributed by atoms with van der Waals surface area (Å²) in [6, 6.07) is 4.52. The number of aromatic nitrogens is 3. The van der Waals surface area contributed by atoms with Gasteiger partial charge in [0.1, 0.15) is 12.1 Å². The van der Waals surface area contributed by atoms with Crippen LogP contribution in [-0.4, -0.2) is 33.1 Å². The fourth-order valence-corrected chi connectivity index (χ4v) is 2.15. The highest BCUT2D eigenvalue weighted by molar-refractivity contribution is 6.18. The van der Waals surface area contributed by atoms with Crippen LogP contribution in [0.15, 0.2) is 18.5 Å². The number of halogens is 1. The predicted molar refractivity (Wildman–Crippen MR) is 70.9 cm³/mol. The van der Waals surface area contributed by atoms with Gasteiger partial charge in [-0.15, -0.1) is 11.6 Å². The molecule has 0 amide bonds. The summed E-state index contributed by atoms with van der Waals surface area (Å²) >= 11 is 5.87. The van der Waals surface area contributed by atoms with Crippen LogP contribution in [0.1, 0.15) is 19.4 Å². The Labute approximate surface area is 106 Å². The fourth-order valence-electron chi connectivity index (χ4n) is 1.97. The van der Waals surface area contributed by atoms with Crippen LogP contribution in [0.2, 0.25) is 0 Å². The number of nitrogens with zero attached hydrogens (tertiary/aromatic N) is 4. The van der Waals surface area contributed by atoms with Gasteiger partial charge in [-0.1, -0.05) is 0 Å². The van der Waals surface area contributed by atoms with Gasteiger partial charge in [-0.05, 0) is 38.5 Å². The molecule has 0 saturated heterocycles. The summed E-state index contributed by atoms with van der Waals surface area (Å²) in [5, 5.41) is 4.27. The summed E-state index contributed by atoms with van der Waals surface area (Å²) in [6.45, 7) is 7.17. The number of alkyl halides is 1. The fraction of sp³-hybridized carbons (Fsp3) is 0.500. The minimum atomic E-state index is 0.378. The molecule has 0 radical (unpaired) electrons. The van der Waals surface area contributed by atoms with Crippen molar-refractivity contribution in [3.63, 3.8) is 0 Å². The molecule has 92 valence electrons. The van der Waals surface area contributed by atoms with E-state index in [1.165, 1.54) is 5.56 Å². The largest absolute Gasteiger partial charge is 0.353 e. The highest BCUT2D eigenvalue weighted by Crippen LogP contribution is 2.20. The van der Waals surface area contributed by atoms with Gasteiger partial charge in [0.2, 0.25) is 0 Å². The lowest BCUT2D eigenvalue weighted by atomic mass is 10.2. The Morgan fingerprint density at radius 3 is 2.82 bits per heavy atom. The summed E-state index contributed by atoms with van der Waals surface area (Å²) in [5.74, 6) is 1.65. The minimum Gasteiger partial charge on any atom is -0.353 e. The number of aryl methyl sites for hydroxylation is 1. The maximum atomic E-state index is 5.87. The normalized spacial score (nSPS) is 11.4. The van der Waals surface area contributed by atoms with Crippen molar-refractivity contribution in [2.45, 2.75) is 26.8 Å². The molecule has 0 bridgehead atoms. The van der Waals surface area contributed by atoms with E-state index < -0.39 is 0 Å². The predicted octanol–water partition coefficient (Wildman–Crippen LogP) is 2.49. The molecular formula is C12H17ClN4. The molecule has 0 atom stereocenters. The molecule has 0 aromatic carbocycles. The van der Waals surface area contributed by atoms with Crippen LogP contribution in [0.25, 0.3) is 5.65 Å². The number of rotatable bonds is 4. The van der Waals surface area contributed by atoms with Crippen molar-refractivity contribution in [3.05, 3.63) is 24.0 Å². The highest BCUT2D eigenvalue weighted by Gasteiger charge is 2.14. The third-order valence-corrected chi connectivity index (χ3v) is 2.92. The molecule has 0 unspecified atom stereocenters. The first-order valence-corrected chi connectivity index (χ1v) is 6.30. The third-order valence-electron chi connectivity index (χ3n) is 2.75. The van der Waals surface area contributed by atoms with Gasteiger partial charge in [0.15, 0.2) is 5.65 Å². The molecule has 0 aliphatic carbocycles. The van der Waals surface area contributed by atoms with Crippen molar-refractivity contribution in [1.82, 2.24) is 14.6 Å². The molecule has 5 heteroatoms. The molecule has 2 heterocycles. The van der Waals surface area contributed by atoms with Crippen molar-refractivity contribution in [1.29, 1.82) is 0 Å². The lowest BCUT2D eigenvalue weighted by Crippen LogP contribution is -2.34. The summed E-state index contributed by atoms with van der Waals surface area (Å²) in [4.78, 5) is 6.47. The molecule has 0 aliphatic heterocycles. The van der Waals surface area contributed by atoms with Crippen LogP contribution in [0.4, 0.5) is 5.82 Å². The van der Waals surface area contributed by atoms with Crippen molar-refractivity contribution in [2.24, 2.45) is 0 Å². The molecule has 2 aromatic heterocycles. The summed E-state index contributed by atoms with van der Waals surface area (Å²) in [7, 11) is 0. The number of anilines is 1. The minimum absolute atomic E-state index is 0.378. The molecule has 0 N–H and O–H groups in total. The van der Waals surface area contributed by atoms with Crippen LogP contribution in [0.5, 0.6) is 0 Å². The van der Waals surface area contributed by atoms with E-state index in [2.05, 4.69) is 41.8 Å². The second-order valence-corrected chi connectivity index (χ2v) is 4.78. The van der Waals surface area contributed by atoms with Crippen molar-refractivity contribution < 1.29 is 0 Å². The Kier molecular flexibility index (Phi) is 3.52. The van der Waals surface area contributed by atoms with Crippen LogP contribution in [-0.2, 0) is 0 Å². The maximum Gasteiger partial charge on any atom is 0.157 e. The molecule has 0 fully saturated rings. The molecule has 0 spiro atoms. The van der Waals surface area contributed by atoms with E-state index in [9.17, 15) is 0 Å². The average molecular weight is 253 g/mol. The zero-order chi connectivity index (χ0) is 12.4. The number of hydrogen-bond acceptors (Lipinski definition) is 3. The van der Waals surface area contributed by atoms with Gasteiger partial charge in [0.05, 0.1) is 0 Å². The molecule has 2 aromatic rings. The Morgan fingerprint density at radius 1 is 1.41 bits per heavy atom. The number of pyridine rings is 1. The zero-order valence-corrected chi connectivity index (χ0v) is 11.1. The molecule has 0 saturated carbocycles. The Bertz CT molecular complexity index is 506. The van der Waals surface area contributed by atoms with E-state index in [1.807, 2.05) is 10.6 Å². The average Bonchev–Trinajstić information content (AvgIpc) is 2.72. The topological polar surface area (TPSA) is 33.4 Å². The van der Waals surface area contributed by atoms with E-state index in [0.717, 1.165) is 18.0 Å². The first-order chi connectivity index (χ1) is 8.13. The summed E-state index contributed by atoms with van der Waals surface area (Å²) in [5.41, 5.74) is 2.06. The lowest BCUT2D eigenvalue weighted by molar-refractivity contribution is 0.681. The van der Waals surface area contributed by atoms with E-state index >= 15 is 0 Å². The molecule has 0 aliphatic rings. The second kappa shape index (κ2) is 4.92. The maximum absolute atomic E-state index is 5.87. The van der Waals surface area contributed by atoms with Crippen molar-refractivity contribution in [2.75, 3.05) is 17.3 Å². The molecular weight excluding hydrogens is 236 g/mol. The van der Waals surface area contributed by atoms with E-state index in [-0.39, 0.29) is 0 Å². The quantitative estimate of drug-likeness (QED) is 0.784. The monoisotopic (exact) mass is 252 g/mol. The van der Waals surface area contributed by atoms with Gasteiger partial charge in [0, 0.05) is 18.5 Å². The van der Waals surface area contributed by atoms with Gasteiger partial charge in [0.25, 0.3) is 0 Å². The van der Waals surface area contributed by atoms with E-state index in [4.69, 9.17) is 11.6 Å². The summed E-state index contributed by atoms with van der Waals surface area (Å²) in [6.07, 6.45) is 1.58. The first kappa shape index (κ1) is 12.2. The SMILES string of the molecule is Cc1cc(N(CCCl)C(C)C)n2ncnc2c1. The van der Waals surface area contributed by atoms with Gasteiger partial charge >= 0.3 is 0 Å². The highest BCUT2D eigenvalue weighted by atomic mass is 35.5. The van der Waals surface area contributed by atoms with Gasteiger partial charge in [-0.2, -0.15) is 9.61 Å². The third kappa shape index (κ3) is 2.36. The second-order valence-electron chi connectivity index (χ2n) is 4.40. The molecule has 17 heavy (non-hydrogen) atoms. The van der Waals surface area contributed by atoms with Gasteiger partial charge < -0.3 is 4.90 Å². The standard InChI is InChI=1S/C12H17ClN4/c1-9(2)16(5-4-13)12-7-10(3)6-11-14-8-15-17(11)12/h6-9H,4-5H2,1-3H3. The molecule has 2 rings (SSSR count). The molecule has 4 nitrogen and oxygen atoms in total. The van der Waals surface area contributed by atoms with Gasteiger partial charge in [-0.25, -0.2) is 4.98 Å². The first-order valence-electron chi connectivity index (χ1n) is 5.76. The van der Waals surface area contributed by atoms with Crippen LogP contribution < -0.4 is 4.90 Å². The Morgan fingerprint density at radius 2 is 2.18 bits per heavy atom. The smallest absolute Gasteiger partial charge is 0.157 e. The number of hydrogen-bond donors (Lipinski definition) is 0. The Balaban J connectivity index is 2.54. The lowest BCUT2D eigenvalue weighted by Gasteiger charge is -2.28.